The molecule has 0 aliphatic carbocycles. The molecule has 1 saturated heterocycles. The van der Waals surface area contributed by atoms with Crippen molar-refractivity contribution in [3.05, 3.63) is 52.0 Å². The van der Waals surface area contributed by atoms with Crippen molar-refractivity contribution in [2.24, 2.45) is 0 Å². The normalized spacial score (nSPS) is 15.3. The van der Waals surface area contributed by atoms with Gasteiger partial charge in [-0.3, -0.25) is 4.79 Å². The van der Waals surface area contributed by atoms with Crippen LogP contribution in [0.3, 0.4) is 0 Å². The molecule has 0 bridgehead atoms. The van der Waals surface area contributed by atoms with E-state index in [1.807, 2.05) is 28.5 Å². The number of aromatic nitrogens is 1. The van der Waals surface area contributed by atoms with Gasteiger partial charge in [0.25, 0.3) is 5.91 Å². The molecule has 104 valence electrons. The zero-order valence-electron chi connectivity index (χ0n) is 11.1. The van der Waals surface area contributed by atoms with Gasteiger partial charge in [-0.15, -0.1) is 11.3 Å². The minimum absolute atomic E-state index is 0.0175. The van der Waals surface area contributed by atoms with E-state index < -0.39 is 0 Å². The third kappa shape index (κ3) is 3.05. The molecule has 3 rings (SSSR count). The van der Waals surface area contributed by atoms with Gasteiger partial charge in [0.2, 0.25) is 0 Å². The van der Waals surface area contributed by atoms with Crippen molar-refractivity contribution in [1.29, 1.82) is 0 Å². The highest BCUT2D eigenvalue weighted by Gasteiger charge is 2.20. The van der Waals surface area contributed by atoms with Crippen LogP contribution in [-0.2, 0) is 11.2 Å². The molecule has 1 amide bonds. The lowest BCUT2D eigenvalue weighted by atomic mass is 10.2. The molecule has 2 aromatic rings. The minimum atomic E-state index is 0.0175. The van der Waals surface area contributed by atoms with Crippen molar-refractivity contribution in [3.8, 4) is 0 Å². The SMILES string of the molecule is O=C(c1csc(Cc2ccccc2)n1)N1CCOCC1. The molecule has 4 nitrogen and oxygen atoms in total. The predicted octanol–water partition coefficient (Wildman–Crippen LogP) is 2.21. The molecule has 5 heteroatoms. The van der Waals surface area contributed by atoms with Crippen LogP contribution in [0.5, 0.6) is 0 Å². The topological polar surface area (TPSA) is 42.4 Å². The quantitative estimate of drug-likeness (QED) is 0.869. The molecule has 20 heavy (non-hydrogen) atoms. The molecule has 1 aliphatic heterocycles. The van der Waals surface area contributed by atoms with Crippen LogP contribution < -0.4 is 0 Å². The number of nitrogens with zero attached hydrogens (tertiary/aromatic N) is 2. The van der Waals surface area contributed by atoms with Crippen LogP contribution in [0.2, 0.25) is 0 Å². The Morgan fingerprint density at radius 1 is 1.25 bits per heavy atom. The summed E-state index contributed by atoms with van der Waals surface area (Å²) in [7, 11) is 0. The highest BCUT2D eigenvalue weighted by Crippen LogP contribution is 2.16. The molecule has 0 radical (unpaired) electrons. The monoisotopic (exact) mass is 288 g/mol. The second kappa shape index (κ2) is 6.15. The standard InChI is InChI=1S/C15H16N2O2S/c18-15(17-6-8-19-9-7-17)13-11-20-14(16-13)10-12-4-2-1-3-5-12/h1-5,11H,6-10H2. The molecule has 0 saturated carbocycles. The van der Waals surface area contributed by atoms with Crippen LogP contribution in [0.25, 0.3) is 0 Å². The van der Waals surface area contributed by atoms with Gasteiger partial charge in [0, 0.05) is 24.9 Å². The number of morpholine rings is 1. The predicted molar refractivity (Wildman–Crippen MR) is 78.1 cm³/mol. The Morgan fingerprint density at radius 2 is 2.00 bits per heavy atom. The minimum Gasteiger partial charge on any atom is -0.378 e. The van der Waals surface area contributed by atoms with Crippen LogP contribution in [0.4, 0.5) is 0 Å². The van der Waals surface area contributed by atoms with E-state index in [4.69, 9.17) is 4.74 Å². The van der Waals surface area contributed by atoms with Gasteiger partial charge in [0.15, 0.2) is 0 Å². The first-order chi connectivity index (χ1) is 9.83. The van der Waals surface area contributed by atoms with Gasteiger partial charge in [-0.1, -0.05) is 30.3 Å². The molecule has 1 fully saturated rings. The lowest BCUT2D eigenvalue weighted by Crippen LogP contribution is -2.40. The second-order valence-electron chi connectivity index (χ2n) is 4.69. The zero-order valence-corrected chi connectivity index (χ0v) is 11.9. The van der Waals surface area contributed by atoms with Crippen molar-refractivity contribution < 1.29 is 9.53 Å². The Balaban J connectivity index is 1.68. The van der Waals surface area contributed by atoms with Gasteiger partial charge >= 0.3 is 0 Å². The molecule has 1 aromatic carbocycles. The first-order valence-electron chi connectivity index (χ1n) is 6.68. The Morgan fingerprint density at radius 3 is 2.75 bits per heavy atom. The number of carbonyl (C=O) groups excluding carboxylic acids is 1. The third-order valence-corrected chi connectivity index (χ3v) is 4.12. The zero-order chi connectivity index (χ0) is 13.8. The summed E-state index contributed by atoms with van der Waals surface area (Å²) in [5.74, 6) is 0.0175. The van der Waals surface area contributed by atoms with E-state index in [-0.39, 0.29) is 5.91 Å². The van der Waals surface area contributed by atoms with Crippen molar-refractivity contribution in [2.75, 3.05) is 26.3 Å². The van der Waals surface area contributed by atoms with E-state index in [1.165, 1.54) is 5.56 Å². The van der Waals surface area contributed by atoms with Gasteiger partial charge < -0.3 is 9.64 Å². The van der Waals surface area contributed by atoms with E-state index in [0.717, 1.165) is 11.4 Å². The van der Waals surface area contributed by atoms with E-state index in [0.29, 0.717) is 32.0 Å². The molecule has 2 heterocycles. The summed E-state index contributed by atoms with van der Waals surface area (Å²) >= 11 is 1.55. The van der Waals surface area contributed by atoms with Crippen molar-refractivity contribution >= 4 is 17.2 Å². The number of hydrogen-bond donors (Lipinski definition) is 0. The first kappa shape index (κ1) is 13.3. The van der Waals surface area contributed by atoms with Crippen LogP contribution in [0.1, 0.15) is 21.1 Å². The first-order valence-corrected chi connectivity index (χ1v) is 7.56. The maximum Gasteiger partial charge on any atom is 0.273 e. The van der Waals surface area contributed by atoms with Gasteiger partial charge in [0.1, 0.15) is 5.69 Å². The van der Waals surface area contributed by atoms with Gasteiger partial charge in [0.05, 0.1) is 18.2 Å². The van der Waals surface area contributed by atoms with E-state index in [2.05, 4.69) is 17.1 Å². The molecular formula is C15H16N2O2S. The average molecular weight is 288 g/mol. The largest absolute Gasteiger partial charge is 0.378 e. The number of carbonyl (C=O) groups is 1. The molecule has 1 aliphatic rings. The molecule has 0 spiro atoms. The maximum absolute atomic E-state index is 12.3. The van der Waals surface area contributed by atoms with Crippen LogP contribution in [-0.4, -0.2) is 42.1 Å². The molecule has 1 aromatic heterocycles. The summed E-state index contributed by atoms with van der Waals surface area (Å²) < 4.78 is 5.26. The lowest BCUT2D eigenvalue weighted by Gasteiger charge is -2.25. The summed E-state index contributed by atoms with van der Waals surface area (Å²) in [5, 5.41) is 2.84. The summed E-state index contributed by atoms with van der Waals surface area (Å²) in [6.45, 7) is 2.55. The Kier molecular flexibility index (Phi) is 4.08. The smallest absolute Gasteiger partial charge is 0.273 e. The highest BCUT2D eigenvalue weighted by molar-refractivity contribution is 7.09. The van der Waals surface area contributed by atoms with Crippen LogP contribution in [0, 0.1) is 0 Å². The highest BCUT2D eigenvalue weighted by atomic mass is 32.1. The van der Waals surface area contributed by atoms with Crippen molar-refractivity contribution in [3.63, 3.8) is 0 Å². The third-order valence-electron chi connectivity index (χ3n) is 3.27. The molecular weight excluding hydrogens is 272 g/mol. The number of hydrogen-bond acceptors (Lipinski definition) is 4. The number of ether oxygens (including phenoxy) is 1. The lowest BCUT2D eigenvalue weighted by molar-refractivity contribution is 0.0299. The van der Waals surface area contributed by atoms with Gasteiger partial charge in [-0.2, -0.15) is 0 Å². The Bertz CT molecular complexity index is 577. The van der Waals surface area contributed by atoms with E-state index in [1.54, 1.807) is 11.3 Å². The van der Waals surface area contributed by atoms with Crippen molar-refractivity contribution in [2.45, 2.75) is 6.42 Å². The van der Waals surface area contributed by atoms with Gasteiger partial charge in [-0.25, -0.2) is 4.98 Å². The fourth-order valence-corrected chi connectivity index (χ4v) is 2.99. The fraction of sp³-hybridized carbons (Fsp3) is 0.333. The Labute approximate surface area is 122 Å². The van der Waals surface area contributed by atoms with E-state index >= 15 is 0 Å². The number of benzene rings is 1. The van der Waals surface area contributed by atoms with E-state index in [9.17, 15) is 4.79 Å². The number of amides is 1. The van der Waals surface area contributed by atoms with Crippen LogP contribution in [0.15, 0.2) is 35.7 Å². The number of thiazole rings is 1. The molecule has 0 unspecified atom stereocenters. The summed E-state index contributed by atoms with van der Waals surface area (Å²) in [6.07, 6.45) is 0.780. The average Bonchev–Trinajstić information content (AvgIpc) is 2.97. The number of rotatable bonds is 3. The fourth-order valence-electron chi connectivity index (χ4n) is 2.19. The molecule has 0 N–H and O–H groups in total. The Hall–Kier alpha value is -1.72. The van der Waals surface area contributed by atoms with Gasteiger partial charge in [-0.05, 0) is 5.56 Å². The maximum atomic E-state index is 12.3. The summed E-state index contributed by atoms with van der Waals surface area (Å²) in [4.78, 5) is 18.6. The van der Waals surface area contributed by atoms with Crippen molar-refractivity contribution in [1.82, 2.24) is 9.88 Å². The summed E-state index contributed by atoms with van der Waals surface area (Å²) in [5.41, 5.74) is 1.77. The van der Waals surface area contributed by atoms with Crippen LogP contribution >= 0.6 is 11.3 Å². The second-order valence-corrected chi connectivity index (χ2v) is 5.64. The summed E-state index contributed by atoms with van der Waals surface area (Å²) in [6, 6.07) is 10.2. The molecule has 0 atom stereocenters.